The van der Waals surface area contributed by atoms with Crippen LogP contribution in [0, 0.1) is 5.92 Å². The molecule has 1 aromatic carbocycles. The molecule has 0 aromatic heterocycles. The van der Waals surface area contributed by atoms with Crippen LogP contribution in [0.1, 0.15) is 44.6 Å². The molecule has 2 N–H and O–H groups in total. The largest absolute Gasteiger partial charge is 0.494 e. The molecular weight excluding hydrogens is 248 g/mol. The molecule has 0 bridgehead atoms. The molecule has 20 heavy (non-hydrogen) atoms. The van der Waals surface area contributed by atoms with Gasteiger partial charge in [0.25, 0.3) is 0 Å². The van der Waals surface area contributed by atoms with Gasteiger partial charge in [-0.05, 0) is 63.3 Å². The Morgan fingerprint density at radius 2 is 2.10 bits per heavy atom. The fourth-order valence-corrected chi connectivity index (χ4v) is 3.99. The number of piperidine rings is 1. The molecule has 1 heterocycles. The van der Waals surface area contributed by atoms with Crippen molar-refractivity contribution < 1.29 is 4.74 Å². The van der Waals surface area contributed by atoms with Crippen molar-refractivity contribution in [3.63, 3.8) is 0 Å². The number of benzene rings is 1. The van der Waals surface area contributed by atoms with Gasteiger partial charge in [0.1, 0.15) is 5.75 Å². The highest BCUT2D eigenvalue weighted by atomic mass is 16.5. The maximum Gasteiger partial charge on any atom is 0.123 e. The lowest BCUT2D eigenvalue weighted by atomic mass is 9.91. The molecule has 1 aromatic rings. The molecule has 1 saturated carbocycles. The summed E-state index contributed by atoms with van der Waals surface area (Å²) in [6, 6.07) is 6.83. The molecule has 3 nitrogen and oxygen atoms in total. The molecule has 1 saturated heterocycles. The predicted molar refractivity (Wildman–Crippen MR) is 82.8 cm³/mol. The van der Waals surface area contributed by atoms with E-state index >= 15 is 0 Å². The van der Waals surface area contributed by atoms with Crippen LogP contribution in [0.4, 0.5) is 5.69 Å². The number of rotatable bonds is 4. The minimum absolute atomic E-state index is 0.711. The van der Waals surface area contributed by atoms with Crippen LogP contribution in [0.2, 0.25) is 0 Å². The third kappa shape index (κ3) is 2.78. The lowest BCUT2D eigenvalue weighted by Crippen LogP contribution is -2.41. The van der Waals surface area contributed by atoms with Crippen molar-refractivity contribution in [3.05, 3.63) is 23.8 Å². The Hall–Kier alpha value is -1.22. The lowest BCUT2D eigenvalue weighted by Gasteiger charge is -2.38. The van der Waals surface area contributed by atoms with Crippen LogP contribution in [-0.4, -0.2) is 24.1 Å². The Morgan fingerprint density at radius 3 is 2.95 bits per heavy atom. The summed E-state index contributed by atoms with van der Waals surface area (Å²) in [5.41, 5.74) is 8.05. The monoisotopic (exact) mass is 274 g/mol. The molecule has 3 rings (SSSR count). The van der Waals surface area contributed by atoms with E-state index in [9.17, 15) is 0 Å². The molecule has 0 amide bonds. The van der Waals surface area contributed by atoms with Crippen molar-refractivity contribution >= 4 is 5.69 Å². The van der Waals surface area contributed by atoms with Gasteiger partial charge in [-0.15, -0.1) is 0 Å². The van der Waals surface area contributed by atoms with Crippen LogP contribution >= 0.6 is 0 Å². The predicted octanol–water partition coefficient (Wildman–Crippen LogP) is 3.43. The highest BCUT2D eigenvalue weighted by Crippen LogP contribution is 2.38. The number of hydrogen-bond donors (Lipinski definition) is 1. The van der Waals surface area contributed by atoms with Gasteiger partial charge in [-0.2, -0.15) is 0 Å². The summed E-state index contributed by atoms with van der Waals surface area (Å²) in [5.74, 6) is 1.93. The van der Waals surface area contributed by atoms with Crippen molar-refractivity contribution in [1.29, 1.82) is 0 Å². The van der Waals surface area contributed by atoms with Crippen LogP contribution < -0.4 is 10.5 Å². The first-order chi connectivity index (χ1) is 9.78. The molecule has 1 aliphatic heterocycles. The Bertz CT molecular complexity index is 460. The van der Waals surface area contributed by atoms with E-state index in [4.69, 9.17) is 10.5 Å². The number of nitrogens with zero attached hydrogens (tertiary/aromatic N) is 1. The summed E-state index contributed by atoms with van der Waals surface area (Å²) < 4.78 is 5.76. The van der Waals surface area contributed by atoms with Crippen molar-refractivity contribution in [2.45, 2.75) is 51.6 Å². The molecule has 0 spiro atoms. The first-order valence-electron chi connectivity index (χ1n) is 8.03. The van der Waals surface area contributed by atoms with Crippen LogP contribution in [0.5, 0.6) is 5.75 Å². The number of fused-ring (bicyclic) bond motifs is 1. The van der Waals surface area contributed by atoms with Gasteiger partial charge in [-0.3, -0.25) is 4.90 Å². The minimum Gasteiger partial charge on any atom is -0.494 e. The van der Waals surface area contributed by atoms with Gasteiger partial charge in [-0.25, -0.2) is 0 Å². The number of hydrogen-bond acceptors (Lipinski definition) is 3. The average molecular weight is 274 g/mol. The molecule has 1 aliphatic carbocycles. The van der Waals surface area contributed by atoms with E-state index in [1.165, 1.54) is 44.2 Å². The summed E-state index contributed by atoms with van der Waals surface area (Å²) in [5, 5.41) is 0. The Balaban J connectivity index is 1.77. The lowest BCUT2D eigenvalue weighted by molar-refractivity contribution is 0.104. The first-order valence-corrected chi connectivity index (χ1v) is 8.03. The van der Waals surface area contributed by atoms with Crippen molar-refractivity contribution in [2.75, 3.05) is 18.9 Å². The van der Waals surface area contributed by atoms with E-state index in [0.717, 1.165) is 29.9 Å². The molecule has 2 atom stereocenters. The van der Waals surface area contributed by atoms with E-state index in [0.29, 0.717) is 6.61 Å². The Labute approximate surface area is 122 Å². The third-order valence-corrected chi connectivity index (χ3v) is 4.87. The minimum atomic E-state index is 0.711. The zero-order valence-corrected chi connectivity index (χ0v) is 12.5. The second kappa shape index (κ2) is 6.04. The van der Waals surface area contributed by atoms with E-state index in [1.54, 1.807) is 0 Å². The fourth-order valence-electron chi connectivity index (χ4n) is 3.99. The van der Waals surface area contributed by atoms with E-state index in [2.05, 4.69) is 11.0 Å². The quantitative estimate of drug-likeness (QED) is 0.855. The maximum atomic E-state index is 5.96. The van der Waals surface area contributed by atoms with Gasteiger partial charge < -0.3 is 10.5 Å². The van der Waals surface area contributed by atoms with Crippen LogP contribution in [0.15, 0.2) is 18.2 Å². The zero-order chi connectivity index (χ0) is 13.9. The molecule has 2 aliphatic rings. The van der Waals surface area contributed by atoms with Gasteiger partial charge in [0.05, 0.1) is 6.61 Å². The second-order valence-corrected chi connectivity index (χ2v) is 6.17. The van der Waals surface area contributed by atoms with Crippen molar-refractivity contribution in [1.82, 2.24) is 4.90 Å². The SMILES string of the molecule is CCOc1ccc(N)cc1CN1CCCC2CCCC21. The highest BCUT2D eigenvalue weighted by Gasteiger charge is 2.34. The van der Waals surface area contributed by atoms with Gasteiger partial charge >= 0.3 is 0 Å². The molecule has 3 heteroatoms. The Kier molecular flexibility index (Phi) is 4.16. The van der Waals surface area contributed by atoms with Gasteiger partial charge in [-0.1, -0.05) is 6.42 Å². The Morgan fingerprint density at radius 1 is 1.25 bits per heavy atom. The number of nitrogens with two attached hydrogens (primary N) is 1. The van der Waals surface area contributed by atoms with E-state index in [1.807, 2.05) is 19.1 Å². The fraction of sp³-hybridized carbons (Fsp3) is 0.647. The van der Waals surface area contributed by atoms with Crippen LogP contribution in [0.25, 0.3) is 0 Å². The summed E-state index contributed by atoms with van der Waals surface area (Å²) in [6.45, 7) is 4.96. The first kappa shape index (κ1) is 13.7. The van der Waals surface area contributed by atoms with E-state index < -0.39 is 0 Å². The van der Waals surface area contributed by atoms with E-state index in [-0.39, 0.29) is 0 Å². The van der Waals surface area contributed by atoms with Crippen LogP contribution in [0.3, 0.4) is 0 Å². The van der Waals surface area contributed by atoms with Gasteiger partial charge in [0.15, 0.2) is 0 Å². The summed E-state index contributed by atoms with van der Waals surface area (Å²) in [4.78, 5) is 2.67. The number of likely N-dealkylation sites (tertiary alicyclic amines) is 1. The summed E-state index contributed by atoms with van der Waals surface area (Å²) in [7, 11) is 0. The topological polar surface area (TPSA) is 38.5 Å². The zero-order valence-electron chi connectivity index (χ0n) is 12.5. The normalized spacial score (nSPS) is 26.4. The molecule has 2 fully saturated rings. The smallest absolute Gasteiger partial charge is 0.123 e. The summed E-state index contributed by atoms with van der Waals surface area (Å²) >= 11 is 0. The highest BCUT2D eigenvalue weighted by molar-refractivity contribution is 5.47. The van der Waals surface area contributed by atoms with Crippen molar-refractivity contribution in [3.8, 4) is 5.75 Å². The third-order valence-electron chi connectivity index (χ3n) is 4.87. The molecule has 2 unspecified atom stereocenters. The molecule has 0 radical (unpaired) electrons. The molecular formula is C17H26N2O. The number of nitrogen functional groups attached to an aromatic ring is 1. The standard InChI is InChI=1S/C17H26N2O/c1-2-20-17-9-8-15(18)11-14(17)12-19-10-4-6-13-5-3-7-16(13)19/h8-9,11,13,16H,2-7,10,12,18H2,1H3. The maximum absolute atomic E-state index is 5.96. The summed E-state index contributed by atoms with van der Waals surface area (Å²) in [6.07, 6.45) is 6.97. The van der Waals surface area contributed by atoms with Crippen LogP contribution in [-0.2, 0) is 6.54 Å². The second-order valence-electron chi connectivity index (χ2n) is 6.17. The van der Waals surface area contributed by atoms with Crippen molar-refractivity contribution in [2.24, 2.45) is 5.92 Å². The molecule has 110 valence electrons. The number of anilines is 1. The van der Waals surface area contributed by atoms with Gasteiger partial charge in [0.2, 0.25) is 0 Å². The van der Waals surface area contributed by atoms with Gasteiger partial charge in [0, 0.05) is 23.8 Å². The average Bonchev–Trinajstić information content (AvgIpc) is 2.91. The number of ether oxygens (including phenoxy) is 1.